The molecular formula is C19H18F2N2O2. The van der Waals surface area contributed by atoms with Crippen LogP contribution in [0.3, 0.4) is 0 Å². The highest BCUT2D eigenvalue weighted by atomic mass is 19.1. The molecule has 2 aromatic rings. The Balaban J connectivity index is 1.85. The van der Waals surface area contributed by atoms with Crippen molar-refractivity contribution in [2.45, 2.75) is 13.3 Å². The van der Waals surface area contributed by atoms with Gasteiger partial charge in [0.25, 0.3) is 5.91 Å². The SMILES string of the molecule is Cc1cc(F)ccc1-c1ccc(C(=O)N2CC[C@H](C(N)=O)C2)cc1F. The Bertz CT molecular complexity index is 851. The van der Waals surface area contributed by atoms with Gasteiger partial charge in [0.15, 0.2) is 0 Å². The van der Waals surface area contributed by atoms with Crippen molar-refractivity contribution in [3.8, 4) is 11.1 Å². The van der Waals surface area contributed by atoms with Crippen molar-refractivity contribution < 1.29 is 18.4 Å². The molecule has 0 spiro atoms. The second kappa shape index (κ2) is 6.63. The van der Waals surface area contributed by atoms with Crippen LogP contribution < -0.4 is 5.73 Å². The molecule has 0 saturated carbocycles. The molecule has 2 aromatic carbocycles. The first kappa shape index (κ1) is 17.1. The van der Waals surface area contributed by atoms with Crippen molar-refractivity contribution in [3.05, 3.63) is 59.2 Å². The van der Waals surface area contributed by atoms with E-state index in [1.54, 1.807) is 13.0 Å². The standard InChI is InChI=1S/C19H18F2N2O2/c1-11-8-14(20)3-5-15(11)16-4-2-12(9-17(16)21)19(25)23-7-6-13(10-23)18(22)24/h2-5,8-9,13H,6-7,10H2,1H3,(H2,22,24)/t13-/m0/s1. The molecular weight excluding hydrogens is 326 g/mol. The largest absolute Gasteiger partial charge is 0.369 e. The van der Waals surface area contributed by atoms with E-state index in [4.69, 9.17) is 5.73 Å². The molecule has 2 N–H and O–H groups in total. The summed E-state index contributed by atoms with van der Waals surface area (Å²) in [6, 6.07) is 8.36. The van der Waals surface area contributed by atoms with Crippen molar-refractivity contribution >= 4 is 11.8 Å². The molecule has 1 fully saturated rings. The Kier molecular flexibility index (Phi) is 4.53. The van der Waals surface area contributed by atoms with E-state index in [9.17, 15) is 18.4 Å². The number of aryl methyl sites for hydroxylation is 1. The van der Waals surface area contributed by atoms with Crippen molar-refractivity contribution in [3.63, 3.8) is 0 Å². The Hall–Kier alpha value is -2.76. The molecule has 1 saturated heterocycles. The lowest BCUT2D eigenvalue weighted by molar-refractivity contribution is -0.121. The average Bonchev–Trinajstić information content (AvgIpc) is 3.05. The summed E-state index contributed by atoms with van der Waals surface area (Å²) in [5.74, 6) is -2.04. The van der Waals surface area contributed by atoms with Crippen molar-refractivity contribution in [2.75, 3.05) is 13.1 Å². The van der Waals surface area contributed by atoms with Crippen LogP contribution in [0.1, 0.15) is 22.3 Å². The number of rotatable bonds is 3. The third kappa shape index (κ3) is 3.38. The fourth-order valence-electron chi connectivity index (χ4n) is 3.16. The number of amides is 2. The summed E-state index contributed by atoms with van der Waals surface area (Å²) in [7, 11) is 0. The van der Waals surface area contributed by atoms with Crippen LogP contribution >= 0.6 is 0 Å². The fourth-order valence-corrected chi connectivity index (χ4v) is 3.16. The van der Waals surface area contributed by atoms with E-state index < -0.39 is 11.7 Å². The first-order valence-corrected chi connectivity index (χ1v) is 8.01. The van der Waals surface area contributed by atoms with Gasteiger partial charge in [0.1, 0.15) is 11.6 Å². The van der Waals surface area contributed by atoms with Gasteiger partial charge >= 0.3 is 0 Å². The number of nitrogens with two attached hydrogens (primary N) is 1. The smallest absolute Gasteiger partial charge is 0.253 e. The number of likely N-dealkylation sites (tertiary alicyclic amines) is 1. The summed E-state index contributed by atoms with van der Waals surface area (Å²) in [6.07, 6.45) is 0.524. The molecule has 1 atom stereocenters. The van der Waals surface area contributed by atoms with Gasteiger partial charge in [-0.25, -0.2) is 8.78 Å². The highest BCUT2D eigenvalue weighted by Crippen LogP contribution is 2.28. The third-order valence-electron chi connectivity index (χ3n) is 4.57. The number of nitrogens with zero attached hydrogens (tertiary/aromatic N) is 1. The van der Waals surface area contributed by atoms with Crippen molar-refractivity contribution in [1.82, 2.24) is 4.90 Å². The number of halogens is 2. The number of carbonyl (C=O) groups excluding carboxylic acids is 2. The lowest BCUT2D eigenvalue weighted by Gasteiger charge is -2.16. The van der Waals surface area contributed by atoms with Gasteiger partial charge < -0.3 is 10.6 Å². The van der Waals surface area contributed by atoms with Crippen LogP contribution in [0.2, 0.25) is 0 Å². The molecule has 130 valence electrons. The van der Waals surface area contributed by atoms with Crippen LogP contribution in [0.5, 0.6) is 0 Å². The molecule has 6 heteroatoms. The number of primary amides is 1. The molecule has 4 nitrogen and oxygen atoms in total. The van der Waals surface area contributed by atoms with Crippen LogP contribution in [-0.4, -0.2) is 29.8 Å². The van der Waals surface area contributed by atoms with E-state index in [0.29, 0.717) is 29.7 Å². The highest BCUT2D eigenvalue weighted by Gasteiger charge is 2.30. The molecule has 2 amide bonds. The maximum Gasteiger partial charge on any atom is 0.253 e. The van der Waals surface area contributed by atoms with Crippen LogP contribution in [0.15, 0.2) is 36.4 Å². The van der Waals surface area contributed by atoms with Gasteiger partial charge in [-0.3, -0.25) is 9.59 Å². The summed E-state index contributed by atoms with van der Waals surface area (Å²) in [4.78, 5) is 25.2. The zero-order valence-corrected chi connectivity index (χ0v) is 13.8. The van der Waals surface area contributed by atoms with Crippen LogP contribution in [-0.2, 0) is 4.79 Å². The number of hydrogen-bond donors (Lipinski definition) is 1. The van der Waals surface area contributed by atoms with Crippen molar-refractivity contribution in [2.24, 2.45) is 11.7 Å². The minimum Gasteiger partial charge on any atom is -0.369 e. The molecule has 1 heterocycles. The maximum absolute atomic E-state index is 14.5. The average molecular weight is 344 g/mol. The second-order valence-corrected chi connectivity index (χ2v) is 6.29. The van der Waals surface area contributed by atoms with E-state index in [0.717, 1.165) is 0 Å². The monoisotopic (exact) mass is 344 g/mol. The zero-order chi connectivity index (χ0) is 18.1. The van der Waals surface area contributed by atoms with E-state index in [-0.39, 0.29) is 29.8 Å². The van der Waals surface area contributed by atoms with E-state index in [2.05, 4.69) is 0 Å². The van der Waals surface area contributed by atoms with E-state index in [1.807, 2.05) is 0 Å². The topological polar surface area (TPSA) is 63.4 Å². The summed E-state index contributed by atoms with van der Waals surface area (Å²) < 4.78 is 27.7. The predicted molar refractivity (Wildman–Crippen MR) is 89.7 cm³/mol. The second-order valence-electron chi connectivity index (χ2n) is 6.29. The first-order valence-electron chi connectivity index (χ1n) is 8.01. The van der Waals surface area contributed by atoms with E-state index >= 15 is 0 Å². The van der Waals surface area contributed by atoms with Crippen molar-refractivity contribution in [1.29, 1.82) is 0 Å². The third-order valence-corrected chi connectivity index (χ3v) is 4.57. The van der Waals surface area contributed by atoms with Gasteiger partial charge in [-0.1, -0.05) is 12.1 Å². The minimum absolute atomic E-state index is 0.214. The van der Waals surface area contributed by atoms with Gasteiger partial charge in [0.2, 0.25) is 5.91 Å². The normalized spacial score (nSPS) is 16.9. The predicted octanol–water partition coefficient (Wildman–Crippen LogP) is 2.89. The molecule has 25 heavy (non-hydrogen) atoms. The number of benzene rings is 2. The number of hydrogen-bond acceptors (Lipinski definition) is 2. The lowest BCUT2D eigenvalue weighted by Crippen LogP contribution is -2.31. The van der Waals surface area contributed by atoms with Crippen LogP contribution in [0, 0.1) is 24.5 Å². The lowest BCUT2D eigenvalue weighted by atomic mass is 9.98. The van der Waals surface area contributed by atoms with Gasteiger partial charge in [0, 0.05) is 24.2 Å². The Labute approximate surface area is 144 Å². The quantitative estimate of drug-likeness (QED) is 0.930. The maximum atomic E-state index is 14.5. The van der Waals surface area contributed by atoms with Gasteiger partial charge in [0.05, 0.1) is 5.92 Å². The van der Waals surface area contributed by atoms with Gasteiger partial charge in [-0.15, -0.1) is 0 Å². The van der Waals surface area contributed by atoms with Crippen LogP contribution in [0.4, 0.5) is 8.78 Å². The van der Waals surface area contributed by atoms with Gasteiger partial charge in [-0.2, -0.15) is 0 Å². The molecule has 0 radical (unpaired) electrons. The highest BCUT2D eigenvalue weighted by molar-refractivity contribution is 5.95. The summed E-state index contributed by atoms with van der Waals surface area (Å²) in [5.41, 5.74) is 6.98. The van der Waals surface area contributed by atoms with Crippen LogP contribution in [0.25, 0.3) is 11.1 Å². The Morgan fingerprint density at radius 2 is 1.84 bits per heavy atom. The molecule has 0 aromatic heterocycles. The molecule has 0 bridgehead atoms. The van der Waals surface area contributed by atoms with Gasteiger partial charge in [-0.05, 0) is 48.7 Å². The molecule has 1 aliphatic heterocycles. The first-order chi connectivity index (χ1) is 11.9. The molecule has 1 aliphatic rings. The Morgan fingerprint density at radius 1 is 1.12 bits per heavy atom. The summed E-state index contributed by atoms with van der Waals surface area (Å²) in [5, 5.41) is 0. The minimum atomic E-state index is -0.550. The van der Waals surface area contributed by atoms with E-state index in [1.165, 1.54) is 35.2 Å². The number of carbonyl (C=O) groups is 2. The molecule has 0 aliphatic carbocycles. The summed E-state index contributed by atoms with van der Waals surface area (Å²) in [6.45, 7) is 2.38. The Morgan fingerprint density at radius 3 is 2.44 bits per heavy atom. The molecule has 0 unspecified atom stereocenters. The fraction of sp³-hybridized carbons (Fsp3) is 0.263. The zero-order valence-electron chi connectivity index (χ0n) is 13.8. The molecule has 3 rings (SSSR count). The summed E-state index contributed by atoms with van der Waals surface area (Å²) >= 11 is 0.